The fraction of sp³-hybridized carbons (Fsp3) is 0.371. The Kier molecular flexibility index (Phi) is 9.20. The van der Waals surface area contributed by atoms with Gasteiger partial charge in [-0.3, -0.25) is 9.78 Å². The number of nitriles is 1. The zero-order valence-corrected chi connectivity index (χ0v) is 27.9. The maximum absolute atomic E-state index is 16.0. The lowest BCUT2D eigenvalue weighted by Crippen LogP contribution is -2.49. The normalized spacial score (nSPS) is 16.3. The molecule has 2 aromatic carbocycles. The van der Waals surface area contributed by atoms with E-state index in [0.717, 1.165) is 24.1 Å². The largest absolute Gasteiger partial charge is 0.444 e. The number of hydrogen-bond acceptors (Lipinski definition) is 8. The van der Waals surface area contributed by atoms with Gasteiger partial charge in [-0.05, 0) is 64.4 Å². The molecule has 0 radical (unpaired) electrons. The molecule has 0 saturated carbocycles. The Bertz CT molecular complexity index is 1960. The molecule has 0 spiro atoms. The van der Waals surface area contributed by atoms with E-state index >= 15 is 13.2 Å². The highest BCUT2D eigenvalue weighted by atomic mass is 19.3. The molecule has 0 unspecified atom stereocenters. The lowest BCUT2D eigenvalue weighted by molar-refractivity contribution is -0.123. The van der Waals surface area contributed by atoms with Crippen LogP contribution >= 0.6 is 0 Å². The van der Waals surface area contributed by atoms with Crippen LogP contribution in [-0.4, -0.2) is 38.8 Å². The third kappa shape index (κ3) is 7.59. The third-order valence-electron chi connectivity index (χ3n) is 7.82. The number of rotatable bonds is 7. The molecule has 15 heteroatoms. The first-order valence-corrected chi connectivity index (χ1v) is 15.4. The van der Waals surface area contributed by atoms with E-state index in [9.17, 15) is 23.6 Å². The van der Waals surface area contributed by atoms with Crippen LogP contribution in [0.3, 0.4) is 0 Å². The molecule has 0 saturated heterocycles. The number of ether oxygens (including phenoxy) is 1. The highest BCUT2D eigenvalue weighted by molar-refractivity contribution is 6.01. The molecule has 10 nitrogen and oxygen atoms in total. The number of carbonyl (C=O) groups is 2. The monoisotopic (exact) mass is 696 g/mol. The Morgan fingerprint density at radius 3 is 2.34 bits per heavy atom. The first-order chi connectivity index (χ1) is 23.2. The number of carbonyl (C=O) groups excluding carboxylic acids is 2. The Hall–Kier alpha value is -5.39. The molecule has 1 atom stereocenters. The van der Waals surface area contributed by atoms with Crippen LogP contribution in [-0.2, 0) is 33.3 Å². The van der Waals surface area contributed by atoms with Crippen LogP contribution in [0.25, 0.3) is 22.7 Å². The summed E-state index contributed by atoms with van der Waals surface area (Å²) in [6, 6.07) is 10.9. The minimum atomic E-state index is -3.82. The molecule has 262 valence electrons. The van der Waals surface area contributed by atoms with E-state index in [-0.39, 0.29) is 23.7 Å². The van der Waals surface area contributed by atoms with Gasteiger partial charge in [0.15, 0.2) is 0 Å². The van der Waals surface area contributed by atoms with Gasteiger partial charge in [-0.1, -0.05) is 24.3 Å². The smallest absolute Gasteiger partial charge is 0.408 e. The first kappa shape index (κ1) is 35.9. The minimum absolute atomic E-state index is 0.142. The Morgan fingerprint density at radius 2 is 1.76 bits per heavy atom. The highest BCUT2D eigenvalue weighted by Crippen LogP contribution is 2.45. The summed E-state index contributed by atoms with van der Waals surface area (Å²) >= 11 is 0. The maximum Gasteiger partial charge on any atom is 0.408 e. The maximum atomic E-state index is 16.0. The molecule has 0 fully saturated rings. The number of halogens is 5. The van der Waals surface area contributed by atoms with Crippen LogP contribution in [0.4, 0.5) is 32.4 Å². The number of fused-ring (bicyclic) bond motifs is 1. The molecule has 1 N–H and O–H groups in total. The molecular weight excluding hydrogens is 663 g/mol. The summed E-state index contributed by atoms with van der Waals surface area (Å²) in [4.78, 5) is 31.9. The predicted molar refractivity (Wildman–Crippen MR) is 170 cm³/mol. The molecule has 2 amide bonds. The van der Waals surface area contributed by atoms with Crippen molar-refractivity contribution in [2.24, 2.45) is 0 Å². The number of alkyl carbamates (subject to hydrolysis) is 1. The molecule has 1 aliphatic rings. The molecule has 50 heavy (non-hydrogen) atoms. The van der Waals surface area contributed by atoms with Crippen LogP contribution in [0.5, 0.6) is 0 Å². The van der Waals surface area contributed by atoms with E-state index in [1.165, 1.54) is 26.0 Å². The van der Waals surface area contributed by atoms with Gasteiger partial charge in [0.25, 0.3) is 17.7 Å². The van der Waals surface area contributed by atoms with Crippen molar-refractivity contribution in [2.75, 3.05) is 4.90 Å². The average Bonchev–Trinajstić information content (AvgIpc) is 3.51. The van der Waals surface area contributed by atoms with Gasteiger partial charge in [-0.25, -0.2) is 26.7 Å². The second kappa shape index (κ2) is 12.8. The summed E-state index contributed by atoms with van der Waals surface area (Å²) in [7, 11) is 0. The second-order valence-electron chi connectivity index (χ2n) is 13.5. The van der Waals surface area contributed by atoms with Crippen molar-refractivity contribution >= 4 is 17.7 Å². The molecule has 4 aromatic rings. The second-order valence-corrected chi connectivity index (χ2v) is 13.5. The molecule has 0 bridgehead atoms. The summed E-state index contributed by atoms with van der Waals surface area (Å²) < 4.78 is 85.6. The van der Waals surface area contributed by atoms with Gasteiger partial charge < -0.3 is 19.4 Å². The summed E-state index contributed by atoms with van der Waals surface area (Å²) in [6.45, 7) is 8.13. The number of nitrogens with one attached hydrogen (secondary N) is 1. The number of nitrogens with zero attached hydrogens (tertiary/aromatic N) is 5. The van der Waals surface area contributed by atoms with Crippen molar-refractivity contribution in [3.8, 4) is 28.8 Å². The number of benzene rings is 2. The van der Waals surface area contributed by atoms with E-state index in [4.69, 9.17) is 9.15 Å². The summed E-state index contributed by atoms with van der Waals surface area (Å²) in [6.07, 6.45) is -1.24. The van der Waals surface area contributed by atoms with Crippen molar-refractivity contribution in [1.29, 1.82) is 5.26 Å². The van der Waals surface area contributed by atoms with E-state index < -0.39 is 70.2 Å². The fourth-order valence-corrected chi connectivity index (χ4v) is 5.15. The number of amides is 2. The van der Waals surface area contributed by atoms with E-state index in [1.54, 1.807) is 45.0 Å². The lowest BCUT2D eigenvalue weighted by Gasteiger charge is -2.27. The predicted octanol–water partition coefficient (Wildman–Crippen LogP) is 7.77. The number of alkyl halides is 4. The first-order valence-electron chi connectivity index (χ1n) is 15.4. The summed E-state index contributed by atoms with van der Waals surface area (Å²) in [5.41, 5.74) is -2.73. The highest BCUT2D eigenvalue weighted by Gasteiger charge is 2.47. The standard InChI is InChI=1S/C35H33F5N6O4/c1-32(2,3)50-31(48)43-26-15-35(39,40)23-14-24(36)22(28-44-45-30(49-28)33(4,5)18-41)13-27(23)46(29(26)47)17-19-7-9-20(10-8-19)25-12-11-21(16-42-25)34(6,37)38/h7-14,16,26H,15,17H2,1-6H3,(H,43,48)/t26-/m0/s1. The van der Waals surface area contributed by atoms with Gasteiger partial charge in [-0.15, -0.1) is 10.2 Å². The molecule has 0 aliphatic carbocycles. The Balaban J connectivity index is 1.57. The number of hydrogen-bond donors (Lipinski definition) is 1. The van der Waals surface area contributed by atoms with E-state index in [2.05, 4.69) is 20.5 Å². The zero-order valence-electron chi connectivity index (χ0n) is 27.9. The van der Waals surface area contributed by atoms with Crippen LogP contribution in [0, 0.1) is 17.1 Å². The Morgan fingerprint density at radius 1 is 1.08 bits per heavy atom. The van der Waals surface area contributed by atoms with Crippen LogP contribution < -0.4 is 10.2 Å². The summed E-state index contributed by atoms with van der Waals surface area (Å²) in [5, 5.41) is 19.3. The van der Waals surface area contributed by atoms with Gasteiger partial charge in [0.05, 0.1) is 29.6 Å². The molecule has 2 aromatic heterocycles. The van der Waals surface area contributed by atoms with Gasteiger partial charge in [-0.2, -0.15) is 5.26 Å². The third-order valence-corrected chi connectivity index (χ3v) is 7.82. The molecular formula is C35H33F5N6O4. The number of aromatic nitrogens is 3. The topological polar surface area (TPSA) is 134 Å². The van der Waals surface area contributed by atoms with Gasteiger partial charge >= 0.3 is 6.09 Å². The lowest BCUT2D eigenvalue weighted by atomic mass is 9.96. The SMILES string of the molecule is CC(C)(C)OC(=O)N[C@H]1CC(F)(F)c2cc(F)c(-c3nnc(C(C)(C)C#N)o3)cc2N(Cc2ccc(-c3ccc(C(C)(F)F)cn3)cc2)C1=O. The molecule has 5 rings (SSSR count). The van der Waals surface area contributed by atoms with Crippen molar-refractivity contribution in [3.05, 3.63) is 83.1 Å². The van der Waals surface area contributed by atoms with Crippen molar-refractivity contribution < 1.29 is 40.7 Å². The number of anilines is 1. The van der Waals surface area contributed by atoms with Gasteiger partial charge in [0, 0.05) is 36.2 Å². The Labute approximate surface area is 284 Å². The van der Waals surface area contributed by atoms with Crippen molar-refractivity contribution in [2.45, 2.75) is 83.4 Å². The van der Waals surface area contributed by atoms with Crippen molar-refractivity contribution in [1.82, 2.24) is 20.5 Å². The van der Waals surface area contributed by atoms with Gasteiger partial charge in [0.2, 0.25) is 11.8 Å². The molecule has 3 heterocycles. The minimum Gasteiger partial charge on any atom is -0.444 e. The molecule has 1 aliphatic heterocycles. The van der Waals surface area contributed by atoms with Crippen LogP contribution in [0.15, 0.2) is 59.1 Å². The van der Waals surface area contributed by atoms with Crippen LogP contribution in [0.2, 0.25) is 0 Å². The van der Waals surface area contributed by atoms with E-state index in [1.807, 2.05) is 6.07 Å². The summed E-state index contributed by atoms with van der Waals surface area (Å²) in [5.74, 6) is -9.53. The van der Waals surface area contributed by atoms with Crippen molar-refractivity contribution in [3.63, 3.8) is 0 Å². The van der Waals surface area contributed by atoms with E-state index in [0.29, 0.717) is 22.9 Å². The fourth-order valence-electron chi connectivity index (χ4n) is 5.15. The van der Waals surface area contributed by atoms with Crippen LogP contribution in [0.1, 0.15) is 70.5 Å². The zero-order chi connectivity index (χ0) is 36.8. The quantitative estimate of drug-likeness (QED) is 0.194. The average molecular weight is 697 g/mol. The number of pyridine rings is 1. The van der Waals surface area contributed by atoms with Gasteiger partial charge in [0.1, 0.15) is 22.9 Å².